The quantitative estimate of drug-likeness (QED) is 0.564. The summed E-state index contributed by atoms with van der Waals surface area (Å²) in [6.45, 7) is 5.52. The third-order valence-electron chi connectivity index (χ3n) is 5.90. The Hall–Kier alpha value is -2.48. The van der Waals surface area contributed by atoms with E-state index in [1.807, 2.05) is 0 Å². The Morgan fingerprint density at radius 2 is 2.03 bits per heavy atom. The molecule has 164 valence electrons. The van der Waals surface area contributed by atoms with Gasteiger partial charge in [0.05, 0.1) is 6.54 Å². The first kappa shape index (κ1) is 22.2. The Labute approximate surface area is 176 Å². The zero-order chi connectivity index (χ0) is 21.8. The van der Waals surface area contributed by atoms with E-state index >= 15 is 0 Å². The lowest BCUT2D eigenvalue weighted by atomic mass is 10.0. The van der Waals surface area contributed by atoms with Crippen LogP contribution in [0.4, 0.5) is 14.5 Å². The number of halogens is 2. The Bertz CT molecular complexity index is 834. The van der Waals surface area contributed by atoms with Crippen molar-refractivity contribution in [3.63, 3.8) is 0 Å². The molecular weight excluding hydrogens is 390 g/mol. The number of nitrogens with zero attached hydrogens (tertiary/aromatic N) is 2. The number of nitrogens with one attached hydrogen (secondary N) is 2. The van der Waals surface area contributed by atoms with E-state index in [2.05, 4.69) is 5.32 Å². The first-order valence-corrected chi connectivity index (χ1v) is 10.3. The highest BCUT2D eigenvalue weighted by Crippen LogP contribution is 2.29. The predicted molar refractivity (Wildman–Crippen MR) is 113 cm³/mol. The van der Waals surface area contributed by atoms with E-state index in [0.717, 1.165) is 24.1 Å². The van der Waals surface area contributed by atoms with Crippen molar-refractivity contribution in [2.45, 2.75) is 45.6 Å². The van der Waals surface area contributed by atoms with Crippen molar-refractivity contribution in [2.75, 3.05) is 38.3 Å². The molecule has 3 rings (SSSR count). The summed E-state index contributed by atoms with van der Waals surface area (Å²) in [6.07, 6.45) is -0.142. The van der Waals surface area contributed by atoms with Gasteiger partial charge in [-0.15, -0.1) is 0 Å². The highest BCUT2D eigenvalue weighted by molar-refractivity contribution is 6.08. The van der Waals surface area contributed by atoms with E-state index in [9.17, 15) is 13.6 Å². The average molecular weight is 421 g/mol. The van der Waals surface area contributed by atoms with E-state index < -0.39 is 6.43 Å². The first-order valence-electron chi connectivity index (χ1n) is 10.3. The van der Waals surface area contributed by atoms with Crippen molar-refractivity contribution in [2.24, 2.45) is 0 Å². The number of carbonyl (C=O) groups excluding carboxylic acids is 1. The number of likely N-dealkylation sites (N-methyl/N-ethyl adjacent to an activating group) is 1. The summed E-state index contributed by atoms with van der Waals surface area (Å²) in [5.41, 5.74) is 2.70. The Balaban J connectivity index is 1.89. The number of hydrogen-bond acceptors (Lipinski definition) is 4. The van der Waals surface area contributed by atoms with Gasteiger partial charge in [0.2, 0.25) is 5.91 Å². The van der Waals surface area contributed by atoms with Gasteiger partial charge < -0.3 is 19.9 Å². The first-order chi connectivity index (χ1) is 14.3. The Morgan fingerprint density at radius 1 is 1.33 bits per heavy atom. The van der Waals surface area contributed by atoms with Gasteiger partial charge in [-0.3, -0.25) is 10.2 Å². The molecule has 8 heteroatoms. The fraction of sp³-hybridized carbons (Fsp3) is 0.545. The normalized spacial score (nSPS) is 18.0. The summed E-state index contributed by atoms with van der Waals surface area (Å²) in [6, 6.07) is 5.11. The maximum Gasteiger partial charge on any atom is 0.264 e. The number of amides is 1. The van der Waals surface area contributed by atoms with Gasteiger partial charge in [-0.1, -0.05) is 6.07 Å². The predicted octanol–water partition coefficient (Wildman–Crippen LogP) is 3.62. The van der Waals surface area contributed by atoms with Gasteiger partial charge in [-0.2, -0.15) is 0 Å². The second kappa shape index (κ2) is 9.55. The summed E-state index contributed by atoms with van der Waals surface area (Å²) in [4.78, 5) is 15.3. The maximum absolute atomic E-state index is 13.3. The smallest absolute Gasteiger partial charge is 0.264 e. The van der Waals surface area contributed by atoms with Crippen molar-refractivity contribution in [1.82, 2.24) is 10.2 Å². The molecular formula is C22H30F2N4O2. The maximum atomic E-state index is 13.3. The van der Waals surface area contributed by atoms with Crippen LogP contribution in [-0.2, 0) is 9.53 Å². The fourth-order valence-corrected chi connectivity index (χ4v) is 3.90. The van der Waals surface area contributed by atoms with Crippen molar-refractivity contribution in [1.29, 1.82) is 5.41 Å². The molecule has 2 aliphatic heterocycles. The number of benzene rings is 1. The van der Waals surface area contributed by atoms with Crippen LogP contribution in [0.5, 0.6) is 0 Å². The number of alkyl halides is 2. The molecule has 6 nitrogen and oxygen atoms in total. The standard InChI is InChI=1S/C22H30F2N4O2/c1-14-4-5-17(12-18(14)21(23)24)27(3)22(25)19-13-28(15(2)29)9-6-20(19)26-16-7-10-30-11-8-16/h4-5,12,16,21,25-26H,6-11,13H2,1-3H3. The molecule has 2 aliphatic rings. The second-order valence-electron chi connectivity index (χ2n) is 7.93. The fourth-order valence-electron chi connectivity index (χ4n) is 3.90. The van der Waals surface area contributed by atoms with Crippen molar-refractivity contribution < 1.29 is 18.3 Å². The van der Waals surface area contributed by atoms with Gasteiger partial charge in [0, 0.05) is 68.7 Å². The van der Waals surface area contributed by atoms with Crippen LogP contribution < -0.4 is 10.2 Å². The molecule has 1 saturated heterocycles. The lowest BCUT2D eigenvalue weighted by Crippen LogP contribution is -2.45. The van der Waals surface area contributed by atoms with Crippen LogP contribution in [0.25, 0.3) is 0 Å². The molecule has 0 radical (unpaired) electrons. The summed E-state index contributed by atoms with van der Waals surface area (Å²) in [7, 11) is 1.70. The van der Waals surface area contributed by atoms with Gasteiger partial charge in [0.25, 0.3) is 6.43 Å². The van der Waals surface area contributed by atoms with Gasteiger partial charge in [0.1, 0.15) is 5.84 Å². The van der Waals surface area contributed by atoms with E-state index in [1.54, 1.807) is 35.9 Å². The molecule has 0 unspecified atom stereocenters. The van der Waals surface area contributed by atoms with Crippen molar-refractivity contribution >= 4 is 17.4 Å². The second-order valence-corrected chi connectivity index (χ2v) is 7.93. The van der Waals surface area contributed by atoms with Gasteiger partial charge in [0.15, 0.2) is 0 Å². The largest absolute Gasteiger partial charge is 0.385 e. The Morgan fingerprint density at radius 3 is 2.67 bits per heavy atom. The number of anilines is 1. The van der Waals surface area contributed by atoms with Crippen LogP contribution in [-0.4, -0.2) is 56.0 Å². The summed E-state index contributed by atoms with van der Waals surface area (Å²) < 4.78 is 32.1. The topological polar surface area (TPSA) is 68.7 Å². The van der Waals surface area contributed by atoms with Gasteiger partial charge in [-0.05, 0) is 37.5 Å². The molecule has 30 heavy (non-hydrogen) atoms. The van der Waals surface area contributed by atoms with Crippen molar-refractivity contribution in [3.8, 4) is 0 Å². The molecule has 1 aromatic rings. The highest BCUT2D eigenvalue weighted by Gasteiger charge is 2.27. The number of aryl methyl sites for hydroxylation is 1. The van der Waals surface area contributed by atoms with Crippen LogP contribution in [0, 0.1) is 12.3 Å². The van der Waals surface area contributed by atoms with Crippen LogP contribution in [0.3, 0.4) is 0 Å². The zero-order valence-corrected chi connectivity index (χ0v) is 17.8. The monoisotopic (exact) mass is 420 g/mol. The van der Waals surface area contributed by atoms with E-state index in [4.69, 9.17) is 10.1 Å². The zero-order valence-electron chi connectivity index (χ0n) is 17.8. The minimum absolute atomic E-state index is 0.0318. The molecule has 0 saturated carbocycles. The minimum Gasteiger partial charge on any atom is -0.385 e. The lowest BCUT2D eigenvalue weighted by molar-refractivity contribution is -0.128. The van der Waals surface area contributed by atoms with Crippen LogP contribution in [0.1, 0.15) is 43.7 Å². The lowest BCUT2D eigenvalue weighted by Gasteiger charge is -2.35. The Kier molecular flexibility index (Phi) is 7.07. The van der Waals surface area contributed by atoms with Crippen LogP contribution in [0.15, 0.2) is 29.5 Å². The number of carbonyl (C=O) groups is 1. The van der Waals surface area contributed by atoms with E-state index in [1.165, 1.54) is 13.0 Å². The third-order valence-corrected chi connectivity index (χ3v) is 5.90. The molecule has 0 atom stereocenters. The summed E-state index contributed by atoms with van der Waals surface area (Å²) in [5, 5.41) is 12.4. The number of rotatable bonds is 5. The molecule has 1 fully saturated rings. The van der Waals surface area contributed by atoms with E-state index in [-0.39, 0.29) is 23.3 Å². The molecule has 1 aromatic carbocycles. The van der Waals surface area contributed by atoms with Crippen LogP contribution >= 0.6 is 0 Å². The highest BCUT2D eigenvalue weighted by atomic mass is 19.3. The van der Waals surface area contributed by atoms with E-state index in [0.29, 0.717) is 44.0 Å². The number of hydrogen-bond donors (Lipinski definition) is 2. The number of amidine groups is 1. The number of ether oxygens (including phenoxy) is 1. The molecule has 2 N–H and O–H groups in total. The summed E-state index contributed by atoms with van der Waals surface area (Å²) in [5.74, 6) is 0.169. The molecule has 0 aromatic heterocycles. The third kappa shape index (κ3) is 4.98. The molecule has 0 bridgehead atoms. The minimum atomic E-state index is -2.57. The van der Waals surface area contributed by atoms with Gasteiger partial charge in [-0.25, -0.2) is 8.78 Å². The SMILES string of the molecule is CC(=O)N1CCC(NC2CCOCC2)=C(C(=N)N(C)c2ccc(C)c(C(F)F)c2)C1. The molecule has 0 spiro atoms. The van der Waals surface area contributed by atoms with Gasteiger partial charge >= 0.3 is 0 Å². The van der Waals surface area contributed by atoms with Crippen molar-refractivity contribution in [3.05, 3.63) is 40.6 Å². The summed E-state index contributed by atoms with van der Waals surface area (Å²) >= 11 is 0. The van der Waals surface area contributed by atoms with Crippen LogP contribution in [0.2, 0.25) is 0 Å². The average Bonchev–Trinajstić information content (AvgIpc) is 2.73. The molecule has 2 heterocycles. The molecule has 0 aliphatic carbocycles. The molecule has 1 amide bonds.